The standard InChI is InChI=1S/C28H32N4O/c1-4-7-24-27(21-13-11-19(2)12-14-21)28-29-26(31-15-6-10-23(31)18-33)17-25(32(28)30-24)22-9-5-8-20(3)16-22/h5,8-9,11-14,16-17,23,33H,4,6-7,10,15,18H2,1-3H3/t23-/m0/s1. The van der Waals surface area contributed by atoms with E-state index >= 15 is 0 Å². The Bertz CT molecular complexity index is 1280. The molecule has 170 valence electrons. The lowest BCUT2D eigenvalue weighted by molar-refractivity contribution is 0.266. The number of nitrogens with zero attached hydrogens (tertiary/aromatic N) is 4. The van der Waals surface area contributed by atoms with Crippen LogP contribution < -0.4 is 4.90 Å². The van der Waals surface area contributed by atoms with Gasteiger partial charge >= 0.3 is 0 Å². The van der Waals surface area contributed by atoms with Gasteiger partial charge in [0, 0.05) is 23.7 Å². The maximum atomic E-state index is 9.98. The molecule has 5 nitrogen and oxygen atoms in total. The number of hydrogen-bond donors (Lipinski definition) is 1. The van der Waals surface area contributed by atoms with Gasteiger partial charge in [-0.15, -0.1) is 0 Å². The van der Waals surface area contributed by atoms with E-state index in [-0.39, 0.29) is 12.6 Å². The predicted molar refractivity (Wildman–Crippen MR) is 135 cm³/mol. The summed E-state index contributed by atoms with van der Waals surface area (Å²) in [4.78, 5) is 7.45. The molecule has 1 fully saturated rings. The molecule has 3 heterocycles. The lowest BCUT2D eigenvalue weighted by Crippen LogP contribution is -2.32. The second-order valence-corrected chi connectivity index (χ2v) is 9.21. The number of aromatic nitrogens is 3. The van der Waals surface area contributed by atoms with E-state index in [1.807, 2.05) is 4.52 Å². The lowest BCUT2D eigenvalue weighted by Gasteiger charge is -2.25. The fourth-order valence-electron chi connectivity index (χ4n) is 4.96. The number of hydrogen-bond acceptors (Lipinski definition) is 4. The van der Waals surface area contributed by atoms with Gasteiger partial charge in [0.1, 0.15) is 5.82 Å². The highest BCUT2D eigenvalue weighted by atomic mass is 16.3. The van der Waals surface area contributed by atoms with Crippen LogP contribution in [0.1, 0.15) is 43.0 Å². The van der Waals surface area contributed by atoms with Gasteiger partial charge < -0.3 is 10.0 Å². The van der Waals surface area contributed by atoms with Crippen LogP contribution in [0.15, 0.2) is 54.6 Å². The minimum atomic E-state index is 0.117. The van der Waals surface area contributed by atoms with Crippen molar-refractivity contribution in [1.82, 2.24) is 14.6 Å². The minimum Gasteiger partial charge on any atom is -0.394 e. The van der Waals surface area contributed by atoms with Crippen molar-refractivity contribution < 1.29 is 5.11 Å². The van der Waals surface area contributed by atoms with Crippen LogP contribution in [-0.2, 0) is 6.42 Å². The van der Waals surface area contributed by atoms with Crippen LogP contribution in [0, 0.1) is 13.8 Å². The number of aryl methyl sites for hydroxylation is 3. The van der Waals surface area contributed by atoms with Crippen LogP contribution in [0.3, 0.4) is 0 Å². The summed E-state index contributed by atoms with van der Waals surface area (Å²) in [6.07, 6.45) is 3.99. The molecule has 5 heteroatoms. The second kappa shape index (κ2) is 8.99. The summed E-state index contributed by atoms with van der Waals surface area (Å²) in [5.74, 6) is 0.923. The molecule has 0 spiro atoms. The maximum Gasteiger partial charge on any atom is 0.166 e. The Labute approximate surface area is 195 Å². The highest BCUT2D eigenvalue weighted by Gasteiger charge is 2.27. The van der Waals surface area contributed by atoms with Gasteiger partial charge in [-0.25, -0.2) is 9.50 Å². The maximum absolute atomic E-state index is 9.98. The van der Waals surface area contributed by atoms with Crippen molar-refractivity contribution in [3.05, 3.63) is 71.4 Å². The van der Waals surface area contributed by atoms with Crippen molar-refractivity contribution in [3.63, 3.8) is 0 Å². The molecule has 1 aliphatic heterocycles. The van der Waals surface area contributed by atoms with Crippen LogP contribution in [0.5, 0.6) is 0 Å². The smallest absolute Gasteiger partial charge is 0.166 e. The number of anilines is 1. The molecule has 0 unspecified atom stereocenters. The van der Waals surface area contributed by atoms with E-state index in [9.17, 15) is 5.11 Å². The average Bonchev–Trinajstić information content (AvgIpc) is 3.44. The van der Waals surface area contributed by atoms with E-state index in [4.69, 9.17) is 10.1 Å². The first-order valence-electron chi connectivity index (χ1n) is 12.0. The molecular formula is C28H32N4O. The third-order valence-corrected chi connectivity index (χ3v) is 6.67. The highest BCUT2D eigenvalue weighted by molar-refractivity contribution is 5.83. The summed E-state index contributed by atoms with van der Waals surface area (Å²) < 4.78 is 2.03. The van der Waals surface area contributed by atoms with Gasteiger partial charge in [0.2, 0.25) is 0 Å². The van der Waals surface area contributed by atoms with Gasteiger partial charge in [0.25, 0.3) is 0 Å². The Balaban J connectivity index is 1.81. The molecule has 1 aliphatic rings. The zero-order chi connectivity index (χ0) is 22.9. The van der Waals surface area contributed by atoms with Crippen LogP contribution in [0.25, 0.3) is 28.0 Å². The van der Waals surface area contributed by atoms with E-state index in [0.29, 0.717) is 0 Å². The molecule has 4 aromatic rings. The van der Waals surface area contributed by atoms with E-state index in [1.165, 1.54) is 11.1 Å². The van der Waals surface area contributed by atoms with Gasteiger partial charge in [-0.3, -0.25) is 0 Å². The molecular weight excluding hydrogens is 408 g/mol. The average molecular weight is 441 g/mol. The van der Waals surface area contributed by atoms with Crippen molar-refractivity contribution >= 4 is 11.5 Å². The normalized spacial score (nSPS) is 16.1. The summed E-state index contributed by atoms with van der Waals surface area (Å²) in [5, 5.41) is 15.1. The third-order valence-electron chi connectivity index (χ3n) is 6.67. The summed E-state index contributed by atoms with van der Waals surface area (Å²) in [6.45, 7) is 7.49. The Morgan fingerprint density at radius 1 is 1.00 bits per heavy atom. The van der Waals surface area contributed by atoms with Gasteiger partial charge in [0.05, 0.1) is 24.0 Å². The van der Waals surface area contributed by atoms with Gasteiger partial charge in [-0.05, 0) is 44.7 Å². The van der Waals surface area contributed by atoms with E-state index in [2.05, 4.69) is 80.3 Å². The SMILES string of the molecule is CCCc1nn2c(-c3cccc(C)c3)cc(N3CCC[C@H]3CO)nc2c1-c1ccc(C)cc1. The molecule has 1 saturated heterocycles. The quantitative estimate of drug-likeness (QED) is 0.424. The molecule has 2 aromatic heterocycles. The minimum absolute atomic E-state index is 0.117. The molecule has 33 heavy (non-hydrogen) atoms. The Morgan fingerprint density at radius 2 is 1.82 bits per heavy atom. The number of fused-ring (bicyclic) bond motifs is 1. The Kier molecular flexibility index (Phi) is 5.90. The Morgan fingerprint density at radius 3 is 2.55 bits per heavy atom. The third kappa shape index (κ3) is 4.02. The van der Waals surface area contributed by atoms with Crippen LogP contribution in [0.4, 0.5) is 5.82 Å². The fraction of sp³-hybridized carbons (Fsp3) is 0.357. The first kappa shape index (κ1) is 21.7. The summed E-state index contributed by atoms with van der Waals surface area (Å²) in [5.41, 5.74) is 8.87. The van der Waals surface area contributed by atoms with Gasteiger partial charge in [-0.1, -0.05) is 66.9 Å². The largest absolute Gasteiger partial charge is 0.394 e. The second-order valence-electron chi connectivity index (χ2n) is 9.21. The first-order valence-corrected chi connectivity index (χ1v) is 12.0. The molecule has 0 aliphatic carbocycles. The summed E-state index contributed by atoms with van der Waals surface area (Å²) in [7, 11) is 0. The first-order chi connectivity index (χ1) is 16.1. The fourth-order valence-corrected chi connectivity index (χ4v) is 4.96. The molecule has 1 N–H and O–H groups in total. The number of aliphatic hydroxyl groups excluding tert-OH is 1. The summed E-state index contributed by atoms with van der Waals surface area (Å²) >= 11 is 0. The molecule has 1 atom stereocenters. The van der Waals surface area contributed by atoms with Crippen molar-refractivity contribution in [2.45, 2.75) is 52.5 Å². The van der Waals surface area contributed by atoms with Crippen LogP contribution in [0.2, 0.25) is 0 Å². The highest BCUT2D eigenvalue weighted by Crippen LogP contribution is 2.35. The molecule has 5 rings (SSSR count). The predicted octanol–water partition coefficient (Wildman–Crippen LogP) is 5.59. The molecule has 0 saturated carbocycles. The number of rotatable bonds is 6. The van der Waals surface area contributed by atoms with Crippen LogP contribution in [-0.4, -0.2) is 38.9 Å². The van der Waals surface area contributed by atoms with Gasteiger partial charge in [-0.2, -0.15) is 5.10 Å². The van der Waals surface area contributed by atoms with E-state index < -0.39 is 0 Å². The van der Waals surface area contributed by atoms with E-state index in [1.54, 1.807) is 0 Å². The monoisotopic (exact) mass is 440 g/mol. The lowest BCUT2D eigenvalue weighted by atomic mass is 10.0. The van der Waals surface area contributed by atoms with Gasteiger partial charge in [0.15, 0.2) is 5.65 Å². The van der Waals surface area contributed by atoms with Crippen molar-refractivity contribution in [2.24, 2.45) is 0 Å². The topological polar surface area (TPSA) is 53.7 Å². The summed E-state index contributed by atoms with van der Waals surface area (Å²) in [6, 6.07) is 19.5. The van der Waals surface area contributed by atoms with Crippen molar-refractivity contribution in [2.75, 3.05) is 18.1 Å². The number of aliphatic hydroxyl groups is 1. The molecule has 0 amide bonds. The zero-order valence-corrected chi connectivity index (χ0v) is 19.8. The molecule has 2 aromatic carbocycles. The number of benzene rings is 2. The zero-order valence-electron chi connectivity index (χ0n) is 19.8. The molecule has 0 bridgehead atoms. The van der Waals surface area contributed by atoms with Crippen molar-refractivity contribution in [1.29, 1.82) is 0 Å². The van der Waals surface area contributed by atoms with Crippen molar-refractivity contribution in [3.8, 4) is 22.4 Å². The van der Waals surface area contributed by atoms with Crippen LogP contribution >= 0.6 is 0 Å². The Hall–Kier alpha value is -3.18. The van der Waals surface area contributed by atoms with E-state index in [0.717, 1.165) is 71.8 Å². The molecule has 0 radical (unpaired) electrons.